The molecule has 20 heavy (non-hydrogen) atoms. The molecule has 0 aliphatic carbocycles. The van der Waals surface area contributed by atoms with Crippen LogP contribution in [0.25, 0.3) is 0 Å². The number of piperidine rings is 1. The van der Waals surface area contributed by atoms with Crippen LogP contribution in [0.15, 0.2) is 34.3 Å². The Morgan fingerprint density at radius 1 is 1.20 bits per heavy atom. The van der Waals surface area contributed by atoms with Crippen molar-refractivity contribution in [3.05, 3.63) is 24.3 Å². The highest BCUT2D eigenvalue weighted by molar-refractivity contribution is 5.93. The largest absolute Gasteiger partial charge is 0.371 e. The molecule has 6 heteroatoms. The summed E-state index contributed by atoms with van der Waals surface area (Å²) in [4.78, 5) is 10.2. The van der Waals surface area contributed by atoms with Crippen molar-refractivity contribution in [2.75, 3.05) is 18.0 Å². The van der Waals surface area contributed by atoms with Crippen LogP contribution in [0, 0.1) is 5.92 Å². The van der Waals surface area contributed by atoms with Crippen molar-refractivity contribution in [3.8, 4) is 0 Å². The standard InChI is InChI=1S/C14H22N6/c1-10-3-2-8-20(9-10)12-6-4-11(5-7-12)18-14(17)19-13(15)16/h4-7,10H,2-3,8-9H2,1H3,(H6,15,16,17,18,19). The molecule has 0 radical (unpaired) electrons. The third-order valence-electron chi connectivity index (χ3n) is 3.36. The Labute approximate surface area is 119 Å². The molecule has 1 atom stereocenters. The lowest BCUT2D eigenvalue weighted by Gasteiger charge is -2.32. The third kappa shape index (κ3) is 3.88. The van der Waals surface area contributed by atoms with Crippen molar-refractivity contribution in [3.63, 3.8) is 0 Å². The first-order valence-corrected chi connectivity index (χ1v) is 6.83. The maximum Gasteiger partial charge on any atom is 0.223 e. The lowest BCUT2D eigenvalue weighted by Crippen LogP contribution is -2.34. The highest BCUT2D eigenvalue weighted by Crippen LogP contribution is 2.25. The van der Waals surface area contributed by atoms with Crippen LogP contribution in [0.3, 0.4) is 0 Å². The van der Waals surface area contributed by atoms with E-state index in [1.807, 2.05) is 12.1 Å². The van der Waals surface area contributed by atoms with Crippen LogP contribution in [0.4, 0.5) is 11.4 Å². The number of rotatable bonds is 2. The fraction of sp³-hybridized carbons (Fsp3) is 0.429. The van der Waals surface area contributed by atoms with Crippen molar-refractivity contribution in [2.24, 2.45) is 33.1 Å². The molecule has 6 N–H and O–H groups in total. The number of anilines is 1. The van der Waals surface area contributed by atoms with Crippen molar-refractivity contribution >= 4 is 23.3 Å². The van der Waals surface area contributed by atoms with Gasteiger partial charge in [0.2, 0.25) is 5.96 Å². The predicted molar refractivity (Wildman–Crippen MR) is 84.1 cm³/mol. The first-order chi connectivity index (χ1) is 9.54. The van der Waals surface area contributed by atoms with Gasteiger partial charge in [0.25, 0.3) is 0 Å². The van der Waals surface area contributed by atoms with Crippen LogP contribution in [0.2, 0.25) is 0 Å². The van der Waals surface area contributed by atoms with E-state index in [9.17, 15) is 0 Å². The number of benzene rings is 1. The first kappa shape index (κ1) is 14.2. The molecule has 1 fully saturated rings. The Balaban J connectivity index is 2.08. The molecule has 1 aromatic carbocycles. The fourth-order valence-corrected chi connectivity index (χ4v) is 2.45. The van der Waals surface area contributed by atoms with Gasteiger partial charge in [-0.2, -0.15) is 4.99 Å². The van der Waals surface area contributed by atoms with E-state index < -0.39 is 0 Å². The molecular weight excluding hydrogens is 252 g/mol. The summed E-state index contributed by atoms with van der Waals surface area (Å²) in [7, 11) is 0. The van der Waals surface area contributed by atoms with Gasteiger partial charge >= 0.3 is 0 Å². The van der Waals surface area contributed by atoms with E-state index in [1.54, 1.807) is 0 Å². The monoisotopic (exact) mass is 274 g/mol. The van der Waals surface area contributed by atoms with E-state index in [4.69, 9.17) is 17.2 Å². The Bertz CT molecular complexity index is 501. The van der Waals surface area contributed by atoms with Gasteiger partial charge in [0.1, 0.15) is 0 Å². The Kier molecular flexibility index (Phi) is 4.45. The molecule has 1 aliphatic heterocycles. The molecule has 1 saturated heterocycles. The van der Waals surface area contributed by atoms with E-state index in [-0.39, 0.29) is 11.9 Å². The minimum absolute atomic E-state index is 0.0596. The Hall–Kier alpha value is -2.24. The average molecular weight is 274 g/mol. The van der Waals surface area contributed by atoms with Gasteiger partial charge < -0.3 is 22.1 Å². The van der Waals surface area contributed by atoms with Crippen molar-refractivity contribution < 1.29 is 0 Å². The summed E-state index contributed by atoms with van der Waals surface area (Å²) < 4.78 is 0. The maximum absolute atomic E-state index is 5.60. The van der Waals surface area contributed by atoms with Gasteiger partial charge in [0.05, 0.1) is 5.69 Å². The lowest BCUT2D eigenvalue weighted by molar-refractivity contribution is 0.447. The molecule has 1 unspecified atom stereocenters. The number of guanidine groups is 2. The Morgan fingerprint density at radius 3 is 2.50 bits per heavy atom. The smallest absolute Gasteiger partial charge is 0.223 e. The summed E-state index contributed by atoms with van der Waals surface area (Å²) >= 11 is 0. The van der Waals surface area contributed by atoms with Gasteiger partial charge in [0, 0.05) is 18.8 Å². The molecule has 1 aromatic rings. The summed E-state index contributed by atoms with van der Waals surface area (Å²) in [5.74, 6) is 0.716. The SMILES string of the molecule is CC1CCCN(c2ccc(N=C(N)N=C(N)N)cc2)C1. The molecule has 0 saturated carbocycles. The van der Waals surface area contributed by atoms with E-state index in [2.05, 4.69) is 33.9 Å². The summed E-state index contributed by atoms with van der Waals surface area (Å²) in [6.45, 7) is 4.52. The normalized spacial score (nSPS) is 19.8. The van der Waals surface area contributed by atoms with Crippen LogP contribution < -0.4 is 22.1 Å². The molecular formula is C14H22N6. The summed E-state index contributed by atoms with van der Waals surface area (Å²) in [5, 5.41) is 0. The molecule has 0 bridgehead atoms. The number of nitrogens with zero attached hydrogens (tertiary/aromatic N) is 3. The zero-order chi connectivity index (χ0) is 14.5. The van der Waals surface area contributed by atoms with Gasteiger partial charge in [-0.3, -0.25) is 0 Å². The van der Waals surface area contributed by atoms with Crippen molar-refractivity contribution in [1.29, 1.82) is 0 Å². The molecule has 108 valence electrons. The van der Waals surface area contributed by atoms with E-state index in [0.717, 1.165) is 24.7 Å². The van der Waals surface area contributed by atoms with Crippen molar-refractivity contribution in [2.45, 2.75) is 19.8 Å². The van der Waals surface area contributed by atoms with E-state index in [1.165, 1.54) is 18.5 Å². The molecule has 1 aliphatic rings. The van der Waals surface area contributed by atoms with Crippen LogP contribution in [0.1, 0.15) is 19.8 Å². The number of nitrogens with two attached hydrogens (primary N) is 3. The highest BCUT2D eigenvalue weighted by Gasteiger charge is 2.16. The van der Waals surface area contributed by atoms with Crippen molar-refractivity contribution in [1.82, 2.24) is 0 Å². The molecule has 1 heterocycles. The second-order valence-corrected chi connectivity index (χ2v) is 5.22. The highest BCUT2D eigenvalue weighted by atomic mass is 15.1. The third-order valence-corrected chi connectivity index (χ3v) is 3.36. The molecule has 0 aromatic heterocycles. The van der Waals surface area contributed by atoms with Gasteiger partial charge in [-0.1, -0.05) is 6.92 Å². The lowest BCUT2D eigenvalue weighted by atomic mass is 10.00. The zero-order valence-electron chi connectivity index (χ0n) is 11.8. The van der Waals surface area contributed by atoms with Crippen LogP contribution >= 0.6 is 0 Å². The topological polar surface area (TPSA) is 106 Å². The second-order valence-electron chi connectivity index (χ2n) is 5.22. The Morgan fingerprint density at radius 2 is 1.90 bits per heavy atom. The summed E-state index contributed by atoms with van der Waals surface area (Å²) in [6, 6.07) is 7.95. The molecule has 6 nitrogen and oxygen atoms in total. The quantitative estimate of drug-likeness (QED) is 0.555. The van der Waals surface area contributed by atoms with E-state index in [0.29, 0.717) is 0 Å². The minimum Gasteiger partial charge on any atom is -0.371 e. The summed E-state index contributed by atoms with van der Waals surface area (Å²) in [5.41, 5.74) is 18.0. The van der Waals surface area contributed by atoms with E-state index >= 15 is 0 Å². The van der Waals surface area contributed by atoms with Gasteiger partial charge in [-0.15, -0.1) is 0 Å². The summed E-state index contributed by atoms with van der Waals surface area (Å²) in [6.07, 6.45) is 2.56. The fourth-order valence-electron chi connectivity index (χ4n) is 2.45. The molecule has 0 amide bonds. The zero-order valence-corrected chi connectivity index (χ0v) is 11.8. The maximum atomic E-state index is 5.60. The first-order valence-electron chi connectivity index (χ1n) is 6.83. The average Bonchev–Trinajstić information content (AvgIpc) is 2.38. The molecule has 0 spiro atoms. The van der Waals surface area contributed by atoms with Gasteiger partial charge in [0.15, 0.2) is 5.96 Å². The minimum atomic E-state index is -0.0924. The number of hydrogen-bond acceptors (Lipinski definition) is 2. The number of aliphatic imine (C=N–C) groups is 2. The van der Waals surface area contributed by atoms with Gasteiger partial charge in [-0.25, -0.2) is 4.99 Å². The molecule has 2 rings (SSSR count). The second kappa shape index (κ2) is 6.27. The van der Waals surface area contributed by atoms with Crippen LogP contribution in [0.5, 0.6) is 0 Å². The predicted octanol–water partition coefficient (Wildman–Crippen LogP) is 1.14. The van der Waals surface area contributed by atoms with Crippen LogP contribution in [-0.2, 0) is 0 Å². The van der Waals surface area contributed by atoms with Crippen LogP contribution in [-0.4, -0.2) is 25.0 Å². The van der Waals surface area contributed by atoms with Gasteiger partial charge in [-0.05, 0) is 43.0 Å². The number of hydrogen-bond donors (Lipinski definition) is 3.